The summed E-state index contributed by atoms with van der Waals surface area (Å²) in [5, 5.41) is 33.8. The standard InChI is InChI=1S/C10H14N8O4/c11-8-5-9(14-2-13-8)17(3-18(5)16-15-12)10-7(21)6(20)4(1-19)22-10/h2,4,6-7,10,19-21H,1,3H2,(H2,11,13,14)/t4-,6-,7-,10-/m1/s1. The van der Waals surface area contributed by atoms with E-state index in [1.165, 1.54) is 16.2 Å². The van der Waals surface area contributed by atoms with Gasteiger partial charge in [0.1, 0.15) is 24.6 Å². The van der Waals surface area contributed by atoms with Crippen molar-refractivity contribution in [3.05, 3.63) is 16.8 Å². The summed E-state index contributed by atoms with van der Waals surface area (Å²) in [4.78, 5) is 12.1. The van der Waals surface area contributed by atoms with E-state index >= 15 is 0 Å². The molecular formula is C10H14N8O4. The largest absolute Gasteiger partial charge is 0.394 e. The number of hydrogen-bond donors (Lipinski definition) is 4. The van der Waals surface area contributed by atoms with Crippen LogP contribution in [-0.2, 0) is 4.74 Å². The highest BCUT2D eigenvalue weighted by molar-refractivity contribution is 5.81. The van der Waals surface area contributed by atoms with Gasteiger partial charge in [-0.2, -0.15) is 9.92 Å². The average molecular weight is 310 g/mol. The van der Waals surface area contributed by atoms with Gasteiger partial charge in [0.15, 0.2) is 24.5 Å². The van der Waals surface area contributed by atoms with Crippen molar-refractivity contribution < 1.29 is 20.1 Å². The molecule has 2 aliphatic rings. The highest BCUT2D eigenvalue weighted by Crippen LogP contribution is 2.41. The first kappa shape index (κ1) is 14.6. The summed E-state index contributed by atoms with van der Waals surface area (Å²) >= 11 is 0. The number of ether oxygens (including phenoxy) is 1. The van der Waals surface area contributed by atoms with Crippen LogP contribution in [0.1, 0.15) is 0 Å². The number of rotatable bonds is 3. The summed E-state index contributed by atoms with van der Waals surface area (Å²) in [6, 6.07) is 0. The minimum atomic E-state index is -1.27. The monoisotopic (exact) mass is 310 g/mol. The van der Waals surface area contributed by atoms with Crippen molar-refractivity contribution in [2.24, 2.45) is 5.22 Å². The Labute approximate surface area is 124 Å². The van der Waals surface area contributed by atoms with Crippen molar-refractivity contribution in [3.63, 3.8) is 0 Å². The zero-order chi connectivity index (χ0) is 15.9. The van der Waals surface area contributed by atoms with Crippen molar-refractivity contribution in [3.8, 4) is 0 Å². The van der Waals surface area contributed by atoms with Crippen molar-refractivity contribution >= 4 is 17.3 Å². The smallest absolute Gasteiger partial charge is 0.217 e. The first-order valence-corrected chi connectivity index (χ1v) is 6.40. The molecule has 118 valence electrons. The maximum Gasteiger partial charge on any atom is 0.217 e. The van der Waals surface area contributed by atoms with E-state index in [-0.39, 0.29) is 18.2 Å². The van der Waals surface area contributed by atoms with Gasteiger partial charge in [0.25, 0.3) is 0 Å². The highest BCUT2D eigenvalue weighted by atomic mass is 16.6. The van der Waals surface area contributed by atoms with Crippen LogP contribution in [0, 0.1) is 0 Å². The quantitative estimate of drug-likeness (QED) is 0.288. The number of hydrogen-bond acceptors (Lipinski definition) is 9. The van der Waals surface area contributed by atoms with Gasteiger partial charge >= 0.3 is 0 Å². The molecule has 0 radical (unpaired) electrons. The number of nitrogen functional groups attached to an aromatic ring is 1. The highest BCUT2D eigenvalue weighted by Gasteiger charge is 2.49. The number of fused-ring (bicyclic) bond motifs is 1. The van der Waals surface area contributed by atoms with E-state index in [2.05, 4.69) is 20.1 Å². The number of aliphatic hydroxyl groups excluding tert-OH is 3. The SMILES string of the molecule is [N-]=[N+]=NN1CN([C@@H]2O[C@H](CO)[C@@H](O)[C@H]2O)c2ncnc(N)c21. The lowest BCUT2D eigenvalue weighted by atomic mass is 10.1. The van der Waals surface area contributed by atoms with E-state index in [1.54, 1.807) is 0 Å². The van der Waals surface area contributed by atoms with Gasteiger partial charge < -0.3 is 25.8 Å². The Morgan fingerprint density at radius 1 is 1.45 bits per heavy atom. The molecule has 3 rings (SSSR count). The summed E-state index contributed by atoms with van der Waals surface area (Å²) in [7, 11) is 0. The van der Waals surface area contributed by atoms with Crippen LogP contribution in [-0.4, -0.2) is 63.1 Å². The maximum absolute atomic E-state index is 10.1. The second-order valence-electron chi connectivity index (χ2n) is 4.85. The number of nitrogens with two attached hydrogens (primary N) is 1. The molecule has 0 saturated carbocycles. The van der Waals surface area contributed by atoms with Gasteiger partial charge in [-0.1, -0.05) is 0 Å². The fourth-order valence-corrected chi connectivity index (χ4v) is 2.58. The molecular weight excluding hydrogens is 296 g/mol. The Balaban J connectivity index is 1.97. The Morgan fingerprint density at radius 2 is 2.23 bits per heavy atom. The third kappa shape index (κ3) is 2.06. The predicted octanol–water partition coefficient (Wildman–Crippen LogP) is -1.69. The van der Waals surface area contributed by atoms with Gasteiger partial charge in [-0.25, -0.2) is 9.97 Å². The summed E-state index contributed by atoms with van der Waals surface area (Å²) < 4.78 is 5.46. The molecule has 1 saturated heterocycles. The minimum Gasteiger partial charge on any atom is -0.394 e. The van der Waals surface area contributed by atoms with Crippen LogP contribution in [0.25, 0.3) is 10.4 Å². The first-order chi connectivity index (χ1) is 10.6. The number of anilines is 3. The second-order valence-corrected chi connectivity index (χ2v) is 4.85. The average Bonchev–Trinajstić information content (AvgIpc) is 3.00. The normalized spacial score (nSPS) is 30.3. The van der Waals surface area contributed by atoms with Crippen LogP contribution in [0.3, 0.4) is 0 Å². The maximum atomic E-state index is 10.1. The molecule has 0 amide bonds. The zero-order valence-corrected chi connectivity index (χ0v) is 11.3. The third-order valence-corrected chi connectivity index (χ3v) is 3.62. The third-order valence-electron chi connectivity index (χ3n) is 3.62. The predicted molar refractivity (Wildman–Crippen MR) is 73.2 cm³/mol. The van der Waals surface area contributed by atoms with Crippen molar-refractivity contribution in [1.29, 1.82) is 0 Å². The molecule has 12 heteroatoms. The van der Waals surface area contributed by atoms with E-state index in [1.807, 2.05) is 0 Å². The molecule has 1 fully saturated rings. The van der Waals surface area contributed by atoms with Crippen molar-refractivity contribution in [2.45, 2.75) is 24.5 Å². The van der Waals surface area contributed by atoms with Gasteiger partial charge in [-0.3, -0.25) is 4.90 Å². The molecule has 1 aromatic heterocycles. The van der Waals surface area contributed by atoms with Gasteiger partial charge in [0.05, 0.1) is 6.61 Å². The van der Waals surface area contributed by atoms with Gasteiger partial charge in [0.2, 0.25) is 5.69 Å². The van der Waals surface area contributed by atoms with E-state index in [4.69, 9.17) is 21.1 Å². The first-order valence-electron chi connectivity index (χ1n) is 6.40. The summed E-state index contributed by atoms with van der Waals surface area (Å²) in [5.41, 5.74) is 14.7. The zero-order valence-electron chi connectivity index (χ0n) is 11.3. The molecule has 4 atom stereocenters. The molecule has 22 heavy (non-hydrogen) atoms. The van der Waals surface area contributed by atoms with Crippen LogP contribution < -0.4 is 15.6 Å². The van der Waals surface area contributed by atoms with Crippen LogP contribution in [0.4, 0.5) is 17.3 Å². The van der Waals surface area contributed by atoms with Gasteiger partial charge in [0, 0.05) is 0 Å². The second kappa shape index (κ2) is 5.44. The molecule has 1 aromatic rings. The lowest BCUT2D eigenvalue weighted by Gasteiger charge is -2.25. The Hall–Kier alpha value is -2.37. The van der Waals surface area contributed by atoms with E-state index < -0.39 is 31.1 Å². The molecule has 0 spiro atoms. The van der Waals surface area contributed by atoms with Gasteiger partial charge in [-0.15, -0.1) is 5.53 Å². The molecule has 5 N–H and O–H groups in total. The fraction of sp³-hybridized carbons (Fsp3) is 0.600. The van der Waals surface area contributed by atoms with Crippen molar-refractivity contribution in [1.82, 2.24) is 9.97 Å². The Kier molecular flexibility index (Phi) is 3.60. The van der Waals surface area contributed by atoms with Crippen LogP contribution in [0.2, 0.25) is 0 Å². The van der Waals surface area contributed by atoms with Crippen LogP contribution in [0.5, 0.6) is 0 Å². The lowest BCUT2D eigenvalue weighted by Crippen LogP contribution is -2.45. The molecule has 0 unspecified atom stereocenters. The number of aliphatic hydroxyl groups is 3. The number of nitrogens with zero attached hydrogens (tertiary/aromatic N) is 7. The summed E-state index contributed by atoms with van der Waals surface area (Å²) in [6.07, 6.45) is -3.18. The summed E-state index contributed by atoms with van der Waals surface area (Å²) in [5.74, 6) is 0.404. The van der Waals surface area contributed by atoms with Crippen LogP contribution >= 0.6 is 0 Å². The molecule has 0 bridgehead atoms. The molecule has 0 aromatic carbocycles. The van der Waals surface area contributed by atoms with Crippen LogP contribution in [0.15, 0.2) is 11.6 Å². The van der Waals surface area contributed by atoms with E-state index in [9.17, 15) is 10.2 Å². The van der Waals surface area contributed by atoms with Crippen molar-refractivity contribution in [2.75, 3.05) is 28.9 Å². The number of azide groups is 1. The molecule has 3 heterocycles. The van der Waals surface area contributed by atoms with Gasteiger partial charge in [-0.05, 0) is 5.22 Å². The molecule has 0 aliphatic carbocycles. The fourth-order valence-electron chi connectivity index (χ4n) is 2.58. The van der Waals surface area contributed by atoms with E-state index in [0.717, 1.165) is 0 Å². The minimum absolute atomic E-state index is 0.00881. The Bertz CT molecular complexity index is 623. The molecule has 2 aliphatic heterocycles. The lowest BCUT2D eigenvalue weighted by molar-refractivity contribution is -0.0222. The number of aromatic nitrogens is 2. The van der Waals surface area contributed by atoms with E-state index in [0.29, 0.717) is 5.82 Å². The topological polar surface area (TPSA) is 177 Å². The molecule has 12 nitrogen and oxygen atoms in total. The summed E-state index contributed by atoms with van der Waals surface area (Å²) in [6.45, 7) is -0.434. The Morgan fingerprint density at radius 3 is 2.86 bits per heavy atom.